The third kappa shape index (κ3) is 4.75. The normalized spacial score (nSPS) is 10.6. The summed E-state index contributed by atoms with van der Waals surface area (Å²) in [5, 5.41) is 3.20. The molecule has 0 atom stereocenters. The van der Waals surface area contributed by atoms with Crippen molar-refractivity contribution >= 4 is 39.1 Å². The largest absolute Gasteiger partial charge is 0.484 e. The Kier molecular flexibility index (Phi) is 5.86. The zero-order valence-electron chi connectivity index (χ0n) is 12.4. The summed E-state index contributed by atoms with van der Waals surface area (Å²) in [6.07, 6.45) is 0. The number of hydrogen-bond donors (Lipinski definition) is 1. The number of rotatable bonds is 5. The lowest BCUT2D eigenvalue weighted by Gasteiger charge is -2.10. The van der Waals surface area contributed by atoms with Crippen molar-refractivity contribution in [2.24, 2.45) is 0 Å². The van der Waals surface area contributed by atoms with Crippen molar-refractivity contribution in [1.82, 2.24) is 0 Å². The molecule has 0 aliphatic heterocycles. The Morgan fingerprint density at radius 2 is 1.91 bits per heavy atom. The van der Waals surface area contributed by atoms with E-state index >= 15 is 0 Å². The predicted octanol–water partition coefficient (Wildman–Crippen LogP) is 5.24. The standard InChI is InChI=1S/C17H17BrClNO2/c1-11(2)12-3-6-14(7-4-12)22-10-17(21)20-16-8-5-13(18)9-15(16)19/h3-9,11H,10H2,1-2H3,(H,20,21). The van der Waals surface area contributed by atoms with Gasteiger partial charge in [0.1, 0.15) is 5.75 Å². The number of hydrogen-bond acceptors (Lipinski definition) is 2. The highest BCUT2D eigenvalue weighted by Gasteiger charge is 2.07. The van der Waals surface area contributed by atoms with E-state index in [9.17, 15) is 4.79 Å². The summed E-state index contributed by atoms with van der Waals surface area (Å²) >= 11 is 9.37. The number of halogens is 2. The zero-order chi connectivity index (χ0) is 16.1. The van der Waals surface area contributed by atoms with Crippen LogP contribution in [0, 0.1) is 0 Å². The first kappa shape index (κ1) is 16.8. The van der Waals surface area contributed by atoms with Gasteiger partial charge < -0.3 is 10.1 Å². The van der Waals surface area contributed by atoms with Gasteiger partial charge >= 0.3 is 0 Å². The number of carbonyl (C=O) groups excluding carboxylic acids is 1. The van der Waals surface area contributed by atoms with Gasteiger partial charge in [0.2, 0.25) is 0 Å². The van der Waals surface area contributed by atoms with Gasteiger partial charge in [-0.05, 0) is 41.8 Å². The van der Waals surface area contributed by atoms with Gasteiger partial charge in [-0.3, -0.25) is 4.79 Å². The van der Waals surface area contributed by atoms with E-state index in [0.717, 1.165) is 4.47 Å². The lowest BCUT2D eigenvalue weighted by molar-refractivity contribution is -0.118. The Morgan fingerprint density at radius 3 is 2.50 bits per heavy atom. The van der Waals surface area contributed by atoms with E-state index in [1.54, 1.807) is 12.1 Å². The van der Waals surface area contributed by atoms with Crippen molar-refractivity contribution in [3.8, 4) is 5.75 Å². The summed E-state index contributed by atoms with van der Waals surface area (Å²) in [5.74, 6) is 0.885. The minimum absolute atomic E-state index is 0.0621. The number of ether oxygens (including phenoxy) is 1. The van der Waals surface area contributed by atoms with Crippen LogP contribution in [0.15, 0.2) is 46.9 Å². The molecule has 0 saturated heterocycles. The molecule has 0 heterocycles. The van der Waals surface area contributed by atoms with Crippen LogP contribution in [0.4, 0.5) is 5.69 Å². The van der Waals surface area contributed by atoms with Crippen molar-refractivity contribution in [1.29, 1.82) is 0 Å². The highest BCUT2D eigenvalue weighted by atomic mass is 79.9. The SMILES string of the molecule is CC(C)c1ccc(OCC(=O)Nc2ccc(Br)cc2Cl)cc1. The van der Waals surface area contributed by atoms with Crippen molar-refractivity contribution in [3.05, 3.63) is 57.5 Å². The van der Waals surface area contributed by atoms with Gasteiger partial charge in [0, 0.05) is 4.47 Å². The fourth-order valence-corrected chi connectivity index (χ4v) is 2.60. The van der Waals surface area contributed by atoms with Gasteiger partial charge in [-0.1, -0.05) is 53.5 Å². The molecule has 0 radical (unpaired) electrons. The maximum absolute atomic E-state index is 11.9. The first-order valence-electron chi connectivity index (χ1n) is 6.93. The number of nitrogens with one attached hydrogen (secondary N) is 1. The van der Waals surface area contributed by atoms with E-state index in [1.807, 2.05) is 30.3 Å². The molecule has 2 aromatic carbocycles. The summed E-state index contributed by atoms with van der Waals surface area (Å²) in [5.41, 5.74) is 1.80. The summed E-state index contributed by atoms with van der Waals surface area (Å²) in [6.45, 7) is 4.20. The number of carbonyl (C=O) groups is 1. The average molecular weight is 383 g/mol. The smallest absolute Gasteiger partial charge is 0.262 e. The summed E-state index contributed by atoms with van der Waals surface area (Å²) in [7, 11) is 0. The molecule has 0 aliphatic rings. The van der Waals surface area contributed by atoms with Crippen LogP contribution < -0.4 is 10.1 Å². The van der Waals surface area contributed by atoms with Crippen LogP contribution in [0.25, 0.3) is 0 Å². The Bertz CT molecular complexity index is 656. The third-order valence-electron chi connectivity index (χ3n) is 3.12. The minimum Gasteiger partial charge on any atom is -0.484 e. The Balaban J connectivity index is 1.89. The molecule has 5 heteroatoms. The maximum atomic E-state index is 11.9. The van der Waals surface area contributed by atoms with E-state index in [1.165, 1.54) is 5.56 Å². The molecule has 22 heavy (non-hydrogen) atoms. The topological polar surface area (TPSA) is 38.3 Å². The first-order valence-corrected chi connectivity index (χ1v) is 8.10. The maximum Gasteiger partial charge on any atom is 0.262 e. The van der Waals surface area contributed by atoms with E-state index < -0.39 is 0 Å². The molecule has 0 aliphatic carbocycles. The Labute approximate surface area is 143 Å². The van der Waals surface area contributed by atoms with E-state index in [2.05, 4.69) is 35.1 Å². The van der Waals surface area contributed by atoms with E-state index in [0.29, 0.717) is 22.4 Å². The van der Waals surface area contributed by atoms with Crippen molar-refractivity contribution < 1.29 is 9.53 Å². The second-order valence-electron chi connectivity index (χ2n) is 5.18. The van der Waals surface area contributed by atoms with Gasteiger partial charge in [0.15, 0.2) is 6.61 Å². The molecule has 0 saturated carbocycles. The molecule has 0 fully saturated rings. The van der Waals surface area contributed by atoms with Crippen molar-refractivity contribution in [2.45, 2.75) is 19.8 Å². The second kappa shape index (κ2) is 7.65. The van der Waals surface area contributed by atoms with Crippen LogP contribution in [0.3, 0.4) is 0 Å². The number of benzene rings is 2. The summed E-state index contributed by atoms with van der Waals surface area (Å²) in [6, 6.07) is 13.0. The van der Waals surface area contributed by atoms with E-state index in [-0.39, 0.29) is 12.5 Å². The molecule has 116 valence electrons. The van der Waals surface area contributed by atoms with E-state index in [4.69, 9.17) is 16.3 Å². The highest BCUT2D eigenvalue weighted by Crippen LogP contribution is 2.25. The Morgan fingerprint density at radius 1 is 1.23 bits per heavy atom. The summed E-state index contributed by atoms with van der Waals surface area (Å²) < 4.78 is 6.33. The molecule has 0 bridgehead atoms. The summed E-state index contributed by atoms with van der Waals surface area (Å²) in [4.78, 5) is 11.9. The third-order valence-corrected chi connectivity index (χ3v) is 3.93. The van der Waals surface area contributed by atoms with Crippen LogP contribution in [-0.4, -0.2) is 12.5 Å². The minimum atomic E-state index is -0.253. The molecular formula is C17H17BrClNO2. The quantitative estimate of drug-likeness (QED) is 0.767. The van der Waals surface area contributed by atoms with Crippen LogP contribution >= 0.6 is 27.5 Å². The lowest BCUT2D eigenvalue weighted by Crippen LogP contribution is -2.20. The fraction of sp³-hybridized carbons (Fsp3) is 0.235. The average Bonchev–Trinajstić information content (AvgIpc) is 2.48. The fourth-order valence-electron chi connectivity index (χ4n) is 1.87. The molecule has 0 aromatic heterocycles. The second-order valence-corrected chi connectivity index (χ2v) is 6.51. The van der Waals surface area contributed by atoms with Crippen LogP contribution in [-0.2, 0) is 4.79 Å². The number of amides is 1. The Hall–Kier alpha value is -1.52. The molecule has 1 N–H and O–H groups in total. The molecule has 2 aromatic rings. The molecule has 1 amide bonds. The lowest BCUT2D eigenvalue weighted by atomic mass is 10.0. The highest BCUT2D eigenvalue weighted by molar-refractivity contribution is 9.10. The van der Waals surface area contributed by atoms with Gasteiger partial charge in [-0.15, -0.1) is 0 Å². The first-order chi connectivity index (χ1) is 10.5. The molecule has 0 unspecified atom stereocenters. The zero-order valence-corrected chi connectivity index (χ0v) is 14.7. The van der Waals surface area contributed by atoms with Crippen LogP contribution in [0.1, 0.15) is 25.3 Å². The van der Waals surface area contributed by atoms with Gasteiger partial charge in [0.05, 0.1) is 10.7 Å². The molecule has 0 spiro atoms. The van der Waals surface area contributed by atoms with Crippen molar-refractivity contribution in [3.63, 3.8) is 0 Å². The van der Waals surface area contributed by atoms with Gasteiger partial charge in [-0.2, -0.15) is 0 Å². The van der Waals surface area contributed by atoms with Crippen molar-refractivity contribution in [2.75, 3.05) is 11.9 Å². The number of anilines is 1. The predicted molar refractivity (Wildman–Crippen MR) is 93.8 cm³/mol. The molecular weight excluding hydrogens is 366 g/mol. The van der Waals surface area contributed by atoms with Gasteiger partial charge in [0.25, 0.3) is 5.91 Å². The van der Waals surface area contributed by atoms with Crippen LogP contribution in [0.5, 0.6) is 5.75 Å². The molecule has 2 rings (SSSR count). The molecule has 3 nitrogen and oxygen atoms in total. The monoisotopic (exact) mass is 381 g/mol. The van der Waals surface area contributed by atoms with Crippen LogP contribution in [0.2, 0.25) is 5.02 Å². The van der Waals surface area contributed by atoms with Gasteiger partial charge in [-0.25, -0.2) is 0 Å².